The fraction of sp³-hybridized carbons (Fsp3) is 0.438. The molecule has 0 atom stereocenters. The number of anilines is 1. The normalized spacial score (nSPS) is 15.5. The zero-order chi connectivity index (χ0) is 16.1. The third-order valence-electron chi connectivity index (χ3n) is 3.80. The fourth-order valence-electron chi connectivity index (χ4n) is 2.63. The molecule has 1 amide bonds. The van der Waals surface area contributed by atoms with Crippen molar-refractivity contribution in [3.63, 3.8) is 0 Å². The Morgan fingerprint density at radius 3 is 2.65 bits per heavy atom. The highest BCUT2D eigenvalue weighted by atomic mass is 32.1. The number of halogens is 1. The maximum Gasteiger partial charge on any atom is 0.240 e. The second-order valence-electron chi connectivity index (χ2n) is 5.69. The smallest absolute Gasteiger partial charge is 0.240 e. The van der Waals surface area contributed by atoms with E-state index in [1.807, 2.05) is 0 Å². The molecule has 0 radical (unpaired) electrons. The molecule has 3 rings (SSSR count). The highest BCUT2D eigenvalue weighted by molar-refractivity contribution is 7.15. The number of piperidine rings is 1. The maximum atomic E-state index is 12.9. The lowest BCUT2D eigenvalue weighted by Crippen LogP contribution is -2.36. The van der Waals surface area contributed by atoms with E-state index >= 15 is 0 Å². The summed E-state index contributed by atoms with van der Waals surface area (Å²) in [6.45, 7) is 2.38. The molecule has 1 N–H and O–H groups in total. The zero-order valence-corrected chi connectivity index (χ0v) is 13.6. The Labute approximate surface area is 138 Å². The Balaban J connectivity index is 1.52. The minimum atomic E-state index is -0.253. The number of likely N-dealkylation sites (tertiary alicyclic amines) is 1. The third-order valence-corrected chi connectivity index (χ3v) is 4.64. The first-order valence-electron chi connectivity index (χ1n) is 7.78. The molecule has 7 heteroatoms. The second-order valence-corrected chi connectivity index (χ2v) is 6.75. The predicted octanol–water partition coefficient (Wildman–Crippen LogP) is 2.69. The van der Waals surface area contributed by atoms with Crippen molar-refractivity contribution in [2.75, 3.05) is 25.0 Å². The predicted molar refractivity (Wildman–Crippen MR) is 88.0 cm³/mol. The van der Waals surface area contributed by atoms with Crippen molar-refractivity contribution in [3.8, 4) is 0 Å². The molecule has 1 aliphatic heterocycles. The van der Waals surface area contributed by atoms with Crippen LogP contribution in [0.25, 0.3) is 0 Å². The molecule has 23 heavy (non-hydrogen) atoms. The number of rotatable bonds is 5. The number of benzene rings is 1. The Morgan fingerprint density at radius 2 is 1.91 bits per heavy atom. The number of amides is 1. The van der Waals surface area contributed by atoms with Gasteiger partial charge in [0.15, 0.2) is 0 Å². The maximum absolute atomic E-state index is 12.9. The van der Waals surface area contributed by atoms with Crippen molar-refractivity contribution < 1.29 is 9.18 Å². The summed E-state index contributed by atoms with van der Waals surface area (Å²) in [6, 6.07) is 6.31. The van der Waals surface area contributed by atoms with Gasteiger partial charge in [0.1, 0.15) is 10.8 Å². The SMILES string of the molecule is O=C(CN1CCCCC1)Nc1nnc(Cc2ccc(F)cc2)s1. The van der Waals surface area contributed by atoms with Crippen LogP contribution in [-0.2, 0) is 11.2 Å². The molecule has 1 aromatic carbocycles. The molecule has 1 fully saturated rings. The van der Waals surface area contributed by atoms with Gasteiger partial charge in [0, 0.05) is 6.42 Å². The average molecular weight is 334 g/mol. The van der Waals surface area contributed by atoms with Crippen LogP contribution in [0, 0.1) is 5.82 Å². The summed E-state index contributed by atoms with van der Waals surface area (Å²) in [4.78, 5) is 14.2. The van der Waals surface area contributed by atoms with E-state index in [2.05, 4.69) is 20.4 Å². The monoisotopic (exact) mass is 334 g/mol. The van der Waals surface area contributed by atoms with E-state index in [-0.39, 0.29) is 11.7 Å². The van der Waals surface area contributed by atoms with Gasteiger partial charge in [-0.3, -0.25) is 15.0 Å². The Bertz CT molecular complexity index is 652. The van der Waals surface area contributed by atoms with Gasteiger partial charge in [-0.2, -0.15) is 0 Å². The minimum Gasteiger partial charge on any atom is -0.299 e. The van der Waals surface area contributed by atoms with E-state index in [0.717, 1.165) is 36.5 Å². The molecule has 1 aromatic heterocycles. The topological polar surface area (TPSA) is 58.1 Å². The first kappa shape index (κ1) is 16.0. The molecular weight excluding hydrogens is 315 g/mol. The van der Waals surface area contributed by atoms with E-state index in [9.17, 15) is 9.18 Å². The summed E-state index contributed by atoms with van der Waals surface area (Å²) >= 11 is 1.36. The van der Waals surface area contributed by atoms with Crippen molar-refractivity contribution >= 4 is 22.4 Å². The molecule has 5 nitrogen and oxygen atoms in total. The van der Waals surface area contributed by atoms with Gasteiger partial charge in [0.05, 0.1) is 6.54 Å². The summed E-state index contributed by atoms with van der Waals surface area (Å²) in [5.41, 5.74) is 0.966. The van der Waals surface area contributed by atoms with Gasteiger partial charge in [0.2, 0.25) is 11.0 Å². The van der Waals surface area contributed by atoms with Crippen molar-refractivity contribution in [2.24, 2.45) is 0 Å². The largest absolute Gasteiger partial charge is 0.299 e. The van der Waals surface area contributed by atoms with Crippen LogP contribution in [0.2, 0.25) is 0 Å². The molecule has 1 saturated heterocycles. The van der Waals surface area contributed by atoms with Crippen molar-refractivity contribution in [3.05, 3.63) is 40.7 Å². The summed E-state index contributed by atoms with van der Waals surface area (Å²) in [6.07, 6.45) is 4.16. The minimum absolute atomic E-state index is 0.0450. The van der Waals surface area contributed by atoms with Gasteiger partial charge in [0.25, 0.3) is 0 Å². The first-order valence-corrected chi connectivity index (χ1v) is 8.60. The van der Waals surface area contributed by atoms with Crippen LogP contribution in [0.3, 0.4) is 0 Å². The van der Waals surface area contributed by atoms with E-state index in [1.54, 1.807) is 12.1 Å². The van der Waals surface area contributed by atoms with Crippen LogP contribution in [-0.4, -0.2) is 40.6 Å². The van der Waals surface area contributed by atoms with E-state index < -0.39 is 0 Å². The number of carbonyl (C=O) groups excluding carboxylic acids is 1. The summed E-state index contributed by atoms with van der Waals surface area (Å²) in [7, 11) is 0. The number of nitrogens with zero attached hydrogens (tertiary/aromatic N) is 3. The molecule has 0 bridgehead atoms. The lowest BCUT2D eigenvalue weighted by molar-refractivity contribution is -0.117. The fourth-order valence-corrected chi connectivity index (χ4v) is 3.42. The van der Waals surface area contributed by atoms with E-state index in [1.165, 1.54) is 29.9 Å². The second kappa shape index (κ2) is 7.61. The molecule has 1 aliphatic rings. The number of carbonyl (C=O) groups is 1. The Morgan fingerprint density at radius 1 is 1.17 bits per heavy atom. The number of nitrogens with one attached hydrogen (secondary N) is 1. The summed E-state index contributed by atoms with van der Waals surface area (Å²) in [5, 5.41) is 12.2. The molecule has 2 heterocycles. The van der Waals surface area contributed by atoms with Gasteiger partial charge >= 0.3 is 0 Å². The zero-order valence-electron chi connectivity index (χ0n) is 12.8. The molecule has 2 aromatic rings. The average Bonchev–Trinajstić information content (AvgIpc) is 2.97. The van der Waals surface area contributed by atoms with Crippen LogP contribution in [0.1, 0.15) is 29.8 Å². The Kier molecular flexibility index (Phi) is 5.30. The summed E-state index contributed by atoms with van der Waals surface area (Å²) < 4.78 is 12.9. The lowest BCUT2D eigenvalue weighted by Gasteiger charge is -2.25. The molecule has 0 unspecified atom stereocenters. The van der Waals surface area contributed by atoms with Gasteiger partial charge < -0.3 is 0 Å². The quantitative estimate of drug-likeness (QED) is 0.913. The number of aromatic nitrogens is 2. The van der Waals surface area contributed by atoms with Crippen LogP contribution < -0.4 is 5.32 Å². The molecule has 0 saturated carbocycles. The standard InChI is InChI=1S/C16H19FN4OS/c17-13-6-4-12(5-7-13)10-15-19-20-16(23-15)18-14(22)11-21-8-2-1-3-9-21/h4-7H,1-3,8-11H2,(H,18,20,22). The van der Waals surface area contributed by atoms with Gasteiger partial charge in [-0.15, -0.1) is 10.2 Å². The molecule has 0 spiro atoms. The highest BCUT2D eigenvalue weighted by Crippen LogP contribution is 2.19. The first-order chi connectivity index (χ1) is 11.2. The van der Waals surface area contributed by atoms with Crippen LogP contribution in [0.15, 0.2) is 24.3 Å². The van der Waals surface area contributed by atoms with Crippen molar-refractivity contribution in [1.82, 2.24) is 15.1 Å². The van der Waals surface area contributed by atoms with Crippen LogP contribution >= 0.6 is 11.3 Å². The van der Waals surface area contributed by atoms with Gasteiger partial charge in [-0.25, -0.2) is 4.39 Å². The van der Waals surface area contributed by atoms with E-state index in [0.29, 0.717) is 18.1 Å². The van der Waals surface area contributed by atoms with Gasteiger partial charge in [-0.1, -0.05) is 29.9 Å². The van der Waals surface area contributed by atoms with Crippen LogP contribution in [0.4, 0.5) is 9.52 Å². The third kappa shape index (κ3) is 4.80. The number of hydrogen-bond acceptors (Lipinski definition) is 5. The molecular formula is C16H19FN4OS. The highest BCUT2D eigenvalue weighted by Gasteiger charge is 2.15. The lowest BCUT2D eigenvalue weighted by atomic mass is 10.1. The summed E-state index contributed by atoms with van der Waals surface area (Å²) in [5.74, 6) is -0.298. The van der Waals surface area contributed by atoms with Crippen molar-refractivity contribution in [1.29, 1.82) is 0 Å². The van der Waals surface area contributed by atoms with Crippen molar-refractivity contribution in [2.45, 2.75) is 25.7 Å². The molecule has 122 valence electrons. The van der Waals surface area contributed by atoms with E-state index in [4.69, 9.17) is 0 Å². The number of hydrogen-bond donors (Lipinski definition) is 1. The van der Waals surface area contributed by atoms with Gasteiger partial charge in [-0.05, 0) is 43.6 Å². The Hall–Kier alpha value is -1.86. The molecule has 0 aliphatic carbocycles. The van der Waals surface area contributed by atoms with Crippen LogP contribution in [0.5, 0.6) is 0 Å².